The number of hydrogen-bond acceptors (Lipinski definition) is 2. The first-order valence-corrected chi connectivity index (χ1v) is 7.44. The van der Waals surface area contributed by atoms with Crippen LogP contribution >= 0.6 is 27.3 Å². The summed E-state index contributed by atoms with van der Waals surface area (Å²) in [6, 6.07) is 8.95. The average molecular weight is 308 g/mol. The zero-order valence-corrected chi connectivity index (χ0v) is 12.1. The molecule has 0 saturated carbocycles. The Labute approximate surface area is 114 Å². The number of thiophene rings is 1. The van der Waals surface area contributed by atoms with Crippen molar-refractivity contribution in [3.05, 3.63) is 44.7 Å². The number of benzene rings is 1. The van der Waals surface area contributed by atoms with Crippen molar-refractivity contribution in [3.8, 4) is 10.4 Å². The molecule has 1 N–H and O–H groups in total. The second-order valence-corrected chi connectivity index (χ2v) is 6.44. The monoisotopic (exact) mass is 307 g/mol. The summed E-state index contributed by atoms with van der Waals surface area (Å²) in [7, 11) is 0. The smallest absolute Gasteiger partial charge is 0.0349 e. The van der Waals surface area contributed by atoms with E-state index >= 15 is 0 Å². The van der Waals surface area contributed by atoms with Gasteiger partial charge in [0.25, 0.3) is 0 Å². The zero-order valence-electron chi connectivity index (χ0n) is 9.72. The molecule has 2 aromatic rings. The van der Waals surface area contributed by atoms with Crippen molar-refractivity contribution >= 4 is 27.3 Å². The molecule has 2 heterocycles. The van der Waals surface area contributed by atoms with Crippen molar-refractivity contribution in [1.82, 2.24) is 5.32 Å². The molecular weight excluding hydrogens is 294 g/mol. The van der Waals surface area contributed by atoms with Gasteiger partial charge in [0.1, 0.15) is 0 Å². The van der Waals surface area contributed by atoms with Gasteiger partial charge in [0.05, 0.1) is 0 Å². The Bertz CT molecular complexity index is 536. The van der Waals surface area contributed by atoms with E-state index in [1.54, 1.807) is 4.88 Å². The number of aryl methyl sites for hydroxylation is 1. The van der Waals surface area contributed by atoms with Gasteiger partial charge in [-0.25, -0.2) is 0 Å². The lowest BCUT2D eigenvalue weighted by Gasteiger charge is -2.10. The van der Waals surface area contributed by atoms with E-state index in [1.165, 1.54) is 32.5 Å². The first-order valence-electron chi connectivity index (χ1n) is 5.83. The maximum absolute atomic E-state index is 3.61. The van der Waals surface area contributed by atoms with Crippen LogP contribution in [0, 0.1) is 6.92 Å². The van der Waals surface area contributed by atoms with E-state index in [9.17, 15) is 0 Å². The largest absolute Gasteiger partial charge is 0.312 e. The van der Waals surface area contributed by atoms with Gasteiger partial charge in [0, 0.05) is 27.3 Å². The van der Waals surface area contributed by atoms with Crippen molar-refractivity contribution in [1.29, 1.82) is 0 Å². The number of hydrogen-bond donors (Lipinski definition) is 1. The van der Waals surface area contributed by atoms with Gasteiger partial charge in [-0.3, -0.25) is 0 Å². The van der Waals surface area contributed by atoms with Crippen LogP contribution < -0.4 is 5.32 Å². The van der Waals surface area contributed by atoms with Crippen LogP contribution in [0.2, 0.25) is 0 Å². The normalized spacial score (nSPS) is 14.7. The van der Waals surface area contributed by atoms with Crippen LogP contribution in [0.4, 0.5) is 0 Å². The Kier molecular flexibility index (Phi) is 3.07. The highest BCUT2D eigenvalue weighted by Gasteiger charge is 2.13. The van der Waals surface area contributed by atoms with E-state index in [0.717, 1.165) is 13.1 Å². The maximum Gasteiger partial charge on any atom is 0.0349 e. The van der Waals surface area contributed by atoms with Gasteiger partial charge in [-0.2, -0.15) is 0 Å². The molecule has 0 fully saturated rings. The fourth-order valence-electron chi connectivity index (χ4n) is 2.14. The molecule has 3 rings (SSSR count). The van der Waals surface area contributed by atoms with Crippen LogP contribution in [0.1, 0.15) is 16.0 Å². The molecule has 1 aromatic heterocycles. The van der Waals surface area contributed by atoms with E-state index in [4.69, 9.17) is 0 Å². The lowest BCUT2D eigenvalue weighted by atomic mass is 10.1. The van der Waals surface area contributed by atoms with Crippen molar-refractivity contribution in [3.63, 3.8) is 0 Å². The van der Waals surface area contributed by atoms with E-state index in [0.29, 0.717) is 0 Å². The summed E-state index contributed by atoms with van der Waals surface area (Å²) in [5.74, 6) is 0. The van der Waals surface area contributed by atoms with Crippen LogP contribution in [0.15, 0.2) is 28.7 Å². The van der Waals surface area contributed by atoms with Crippen molar-refractivity contribution in [2.75, 3.05) is 6.54 Å². The average Bonchev–Trinajstić information content (AvgIpc) is 2.76. The molecule has 0 radical (unpaired) electrons. The number of rotatable bonds is 1. The summed E-state index contributed by atoms with van der Waals surface area (Å²) in [5, 5.41) is 3.42. The highest BCUT2D eigenvalue weighted by atomic mass is 79.9. The van der Waals surface area contributed by atoms with Crippen LogP contribution in [0.3, 0.4) is 0 Å². The standard InChI is InChI=1S/C14H14BrNS/c1-9-2-3-10(6-12(9)15)14-7-11-8-16-5-4-13(11)17-14/h2-3,6-7,16H,4-5,8H2,1H3. The Morgan fingerprint density at radius 3 is 2.94 bits per heavy atom. The predicted molar refractivity (Wildman–Crippen MR) is 77.6 cm³/mol. The Morgan fingerprint density at radius 1 is 1.29 bits per heavy atom. The molecule has 17 heavy (non-hydrogen) atoms. The molecule has 0 aliphatic carbocycles. The van der Waals surface area contributed by atoms with Gasteiger partial charge >= 0.3 is 0 Å². The Morgan fingerprint density at radius 2 is 2.18 bits per heavy atom. The van der Waals surface area contributed by atoms with Crippen molar-refractivity contribution < 1.29 is 0 Å². The molecule has 3 heteroatoms. The summed E-state index contributed by atoms with van der Waals surface area (Å²) in [6.45, 7) is 4.26. The van der Waals surface area contributed by atoms with Gasteiger partial charge in [0.2, 0.25) is 0 Å². The van der Waals surface area contributed by atoms with Gasteiger partial charge in [-0.05, 0) is 42.2 Å². The quantitative estimate of drug-likeness (QED) is 0.835. The van der Waals surface area contributed by atoms with Gasteiger partial charge in [-0.1, -0.05) is 28.1 Å². The Balaban J connectivity index is 2.03. The van der Waals surface area contributed by atoms with E-state index in [2.05, 4.69) is 52.4 Å². The molecule has 0 unspecified atom stereocenters. The van der Waals surface area contributed by atoms with Crippen molar-refractivity contribution in [2.24, 2.45) is 0 Å². The van der Waals surface area contributed by atoms with E-state index in [-0.39, 0.29) is 0 Å². The third kappa shape index (κ3) is 2.19. The van der Waals surface area contributed by atoms with E-state index in [1.807, 2.05) is 11.3 Å². The summed E-state index contributed by atoms with van der Waals surface area (Å²) in [6.07, 6.45) is 1.17. The van der Waals surface area contributed by atoms with Crippen LogP contribution in [0.25, 0.3) is 10.4 Å². The zero-order chi connectivity index (χ0) is 11.8. The fourth-order valence-corrected chi connectivity index (χ4v) is 3.70. The first kappa shape index (κ1) is 11.5. The predicted octanol–water partition coefficient (Wildman–Crippen LogP) is 4.13. The number of nitrogens with one attached hydrogen (secondary N) is 1. The summed E-state index contributed by atoms with van der Waals surface area (Å²) >= 11 is 5.55. The lowest BCUT2D eigenvalue weighted by Crippen LogP contribution is -2.21. The molecule has 1 aliphatic heterocycles. The van der Waals surface area contributed by atoms with Crippen LogP contribution in [-0.4, -0.2) is 6.54 Å². The number of halogens is 1. The molecular formula is C14H14BrNS. The molecule has 1 nitrogen and oxygen atoms in total. The van der Waals surface area contributed by atoms with Gasteiger partial charge in [0.15, 0.2) is 0 Å². The molecule has 0 amide bonds. The summed E-state index contributed by atoms with van der Waals surface area (Å²) in [5.41, 5.74) is 4.09. The number of fused-ring (bicyclic) bond motifs is 1. The molecule has 0 atom stereocenters. The maximum atomic E-state index is 3.61. The fraction of sp³-hybridized carbons (Fsp3) is 0.286. The van der Waals surface area contributed by atoms with Crippen LogP contribution in [0.5, 0.6) is 0 Å². The first-order chi connectivity index (χ1) is 8.24. The Hall–Kier alpha value is -0.640. The third-order valence-corrected chi connectivity index (χ3v) is 5.34. The highest BCUT2D eigenvalue weighted by molar-refractivity contribution is 9.10. The topological polar surface area (TPSA) is 12.0 Å². The third-order valence-electron chi connectivity index (χ3n) is 3.20. The van der Waals surface area contributed by atoms with Gasteiger partial charge in [-0.15, -0.1) is 11.3 Å². The van der Waals surface area contributed by atoms with Crippen molar-refractivity contribution in [2.45, 2.75) is 19.9 Å². The van der Waals surface area contributed by atoms with E-state index < -0.39 is 0 Å². The van der Waals surface area contributed by atoms with Crippen LogP contribution in [-0.2, 0) is 13.0 Å². The molecule has 0 saturated heterocycles. The lowest BCUT2D eigenvalue weighted by molar-refractivity contribution is 0.653. The summed E-state index contributed by atoms with van der Waals surface area (Å²) in [4.78, 5) is 2.94. The molecule has 88 valence electrons. The molecule has 0 bridgehead atoms. The molecule has 1 aliphatic rings. The minimum absolute atomic E-state index is 1.03. The highest BCUT2D eigenvalue weighted by Crippen LogP contribution is 2.34. The second-order valence-electron chi connectivity index (χ2n) is 4.45. The second kappa shape index (κ2) is 4.56. The molecule has 1 aromatic carbocycles. The molecule has 0 spiro atoms. The SMILES string of the molecule is Cc1ccc(-c2cc3c(s2)CCNC3)cc1Br. The minimum atomic E-state index is 1.03. The van der Waals surface area contributed by atoms with Gasteiger partial charge < -0.3 is 5.32 Å². The minimum Gasteiger partial charge on any atom is -0.312 e. The summed E-state index contributed by atoms with van der Waals surface area (Å²) < 4.78 is 1.19.